The Labute approximate surface area is 191 Å². The number of aromatic nitrogens is 4. The minimum absolute atomic E-state index is 0.180. The summed E-state index contributed by atoms with van der Waals surface area (Å²) in [5.41, 5.74) is 4.46. The normalized spacial score (nSPS) is 17.4. The van der Waals surface area contributed by atoms with E-state index in [1.165, 1.54) is 5.69 Å². The molecule has 0 spiro atoms. The maximum Gasteiger partial charge on any atom is 0.327 e. The number of amides is 2. The van der Waals surface area contributed by atoms with E-state index in [1.54, 1.807) is 15.8 Å². The van der Waals surface area contributed by atoms with Gasteiger partial charge in [0.05, 0.1) is 11.4 Å². The van der Waals surface area contributed by atoms with Crippen LogP contribution in [0.1, 0.15) is 18.2 Å². The number of carbonyl (C=O) groups excluding carboxylic acids is 1. The molecule has 1 fully saturated rings. The van der Waals surface area contributed by atoms with Crippen molar-refractivity contribution in [3.8, 4) is 0 Å². The second-order valence-corrected chi connectivity index (χ2v) is 8.21. The first-order chi connectivity index (χ1) is 15.9. The van der Waals surface area contributed by atoms with Gasteiger partial charge in [-0.1, -0.05) is 0 Å². The van der Waals surface area contributed by atoms with Gasteiger partial charge in [0.25, 0.3) is 6.47 Å². The number of urea groups is 1. The Kier molecular flexibility index (Phi) is 6.40. The first-order valence-corrected chi connectivity index (χ1v) is 10.8. The predicted octanol–water partition coefficient (Wildman–Crippen LogP) is 1.77. The van der Waals surface area contributed by atoms with Gasteiger partial charge in [0.15, 0.2) is 5.65 Å². The summed E-state index contributed by atoms with van der Waals surface area (Å²) in [7, 11) is 1.86. The standard InChI is InChI=1S/C21H26N8O.CH2O2/c1-13-11-28(9-7-22-13)18-4-6-23-20-16(18)5-8-29(20)21(30)25-17-10-15-12-27(3)26-19(15)24-14(17)2;2-1-3/h4,6,10,12-13,22H,5,7-9,11H2,1-3H3,(H,25,30);1H,(H,2,3)/t13-;/m0./s1. The third-order valence-electron chi connectivity index (χ3n) is 5.85. The van der Waals surface area contributed by atoms with Crippen LogP contribution in [0.2, 0.25) is 0 Å². The number of nitrogens with zero attached hydrogens (tertiary/aromatic N) is 6. The van der Waals surface area contributed by atoms with Gasteiger partial charge < -0.3 is 20.6 Å². The van der Waals surface area contributed by atoms with Crippen molar-refractivity contribution in [3.63, 3.8) is 0 Å². The summed E-state index contributed by atoms with van der Waals surface area (Å²) in [5, 5.41) is 18.6. The molecule has 0 radical (unpaired) electrons. The topological polar surface area (TPSA) is 129 Å². The smallest absolute Gasteiger partial charge is 0.327 e. The summed E-state index contributed by atoms with van der Waals surface area (Å²) in [6.45, 7) is 7.33. The van der Waals surface area contributed by atoms with Crippen LogP contribution < -0.4 is 20.4 Å². The van der Waals surface area contributed by atoms with E-state index in [2.05, 4.69) is 43.6 Å². The Hall–Kier alpha value is -3.73. The lowest BCUT2D eigenvalue weighted by Crippen LogP contribution is -2.49. The molecule has 1 atom stereocenters. The summed E-state index contributed by atoms with van der Waals surface area (Å²) in [5.74, 6) is 0.754. The van der Waals surface area contributed by atoms with Gasteiger partial charge in [-0.05, 0) is 32.4 Å². The fourth-order valence-electron chi connectivity index (χ4n) is 4.39. The minimum Gasteiger partial charge on any atom is -0.483 e. The largest absolute Gasteiger partial charge is 0.483 e. The summed E-state index contributed by atoms with van der Waals surface area (Å²) < 4.78 is 1.72. The maximum absolute atomic E-state index is 13.1. The Bertz CT molecular complexity index is 1180. The molecule has 0 bridgehead atoms. The van der Waals surface area contributed by atoms with Crippen LogP contribution in [-0.2, 0) is 18.3 Å². The summed E-state index contributed by atoms with van der Waals surface area (Å²) in [4.78, 5) is 34.7. The zero-order valence-corrected chi connectivity index (χ0v) is 18.9. The zero-order chi connectivity index (χ0) is 23.5. The molecule has 174 valence electrons. The highest BCUT2D eigenvalue weighted by atomic mass is 16.3. The van der Waals surface area contributed by atoms with E-state index in [4.69, 9.17) is 9.90 Å². The first kappa shape index (κ1) is 22.5. The molecule has 0 aromatic carbocycles. The SMILES string of the molecule is Cc1nc2nn(C)cc2cc1NC(=O)N1CCc2c(N3CCN[C@@H](C)C3)ccnc21.O=CO. The van der Waals surface area contributed by atoms with E-state index in [-0.39, 0.29) is 12.5 Å². The van der Waals surface area contributed by atoms with Crippen molar-refractivity contribution >= 4 is 40.7 Å². The van der Waals surface area contributed by atoms with Crippen molar-refractivity contribution < 1.29 is 14.7 Å². The van der Waals surface area contributed by atoms with E-state index >= 15 is 0 Å². The number of carbonyl (C=O) groups is 2. The van der Waals surface area contributed by atoms with Gasteiger partial charge >= 0.3 is 6.03 Å². The molecule has 33 heavy (non-hydrogen) atoms. The van der Waals surface area contributed by atoms with Gasteiger partial charge in [-0.2, -0.15) is 5.10 Å². The number of piperazine rings is 1. The Balaban J connectivity index is 0.000000821. The Morgan fingerprint density at radius 3 is 2.91 bits per heavy atom. The average Bonchev–Trinajstić information content (AvgIpc) is 3.37. The molecular weight excluding hydrogens is 424 g/mol. The third kappa shape index (κ3) is 4.58. The van der Waals surface area contributed by atoms with E-state index in [0.29, 0.717) is 23.9 Å². The molecule has 1 saturated heterocycles. The van der Waals surface area contributed by atoms with Crippen LogP contribution in [0.25, 0.3) is 11.0 Å². The summed E-state index contributed by atoms with van der Waals surface area (Å²) >= 11 is 0. The van der Waals surface area contributed by atoms with Gasteiger partial charge in [-0.25, -0.2) is 14.8 Å². The number of pyridine rings is 2. The monoisotopic (exact) mass is 452 g/mol. The molecule has 0 saturated carbocycles. The highest BCUT2D eigenvalue weighted by molar-refractivity contribution is 6.04. The number of carboxylic acid groups (broad SMARTS) is 1. The molecule has 3 N–H and O–H groups in total. The second-order valence-electron chi connectivity index (χ2n) is 8.21. The lowest BCUT2D eigenvalue weighted by molar-refractivity contribution is -0.122. The van der Waals surface area contributed by atoms with Crippen molar-refractivity contribution in [3.05, 3.63) is 35.8 Å². The van der Waals surface area contributed by atoms with Crippen molar-refractivity contribution in [1.29, 1.82) is 0 Å². The number of hydrogen-bond acceptors (Lipinski definition) is 7. The maximum atomic E-state index is 13.1. The molecule has 5 heterocycles. The van der Waals surface area contributed by atoms with Crippen LogP contribution in [-0.4, -0.2) is 69.6 Å². The predicted molar refractivity (Wildman–Crippen MR) is 126 cm³/mol. The zero-order valence-electron chi connectivity index (χ0n) is 18.9. The molecule has 2 aliphatic heterocycles. The van der Waals surface area contributed by atoms with Gasteiger partial charge in [0, 0.05) is 68.3 Å². The lowest BCUT2D eigenvalue weighted by atomic mass is 10.1. The number of aryl methyl sites for hydroxylation is 2. The fraction of sp³-hybridized carbons (Fsp3) is 0.409. The highest BCUT2D eigenvalue weighted by Gasteiger charge is 2.30. The number of fused-ring (bicyclic) bond motifs is 2. The number of anilines is 3. The second kappa shape index (κ2) is 9.41. The molecule has 3 aromatic rings. The quantitative estimate of drug-likeness (QED) is 0.502. The number of nitrogens with one attached hydrogen (secondary N) is 2. The number of rotatable bonds is 2. The first-order valence-electron chi connectivity index (χ1n) is 10.8. The van der Waals surface area contributed by atoms with Gasteiger partial charge in [-0.15, -0.1) is 0 Å². The molecule has 2 aliphatic rings. The lowest BCUT2D eigenvalue weighted by Gasteiger charge is -2.34. The Morgan fingerprint density at radius 2 is 2.15 bits per heavy atom. The number of hydrogen-bond donors (Lipinski definition) is 3. The minimum atomic E-state index is -0.250. The van der Waals surface area contributed by atoms with E-state index in [0.717, 1.165) is 48.5 Å². The van der Waals surface area contributed by atoms with Gasteiger partial charge in [0.2, 0.25) is 0 Å². The van der Waals surface area contributed by atoms with Crippen LogP contribution in [0.3, 0.4) is 0 Å². The summed E-state index contributed by atoms with van der Waals surface area (Å²) in [6, 6.07) is 4.26. The molecular formula is C22H28N8O3. The average molecular weight is 453 g/mol. The van der Waals surface area contributed by atoms with Gasteiger partial charge in [-0.3, -0.25) is 14.4 Å². The van der Waals surface area contributed by atoms with Crippen molar-refractivity contribution in [1.82, 2.24) is 25.1 Å². The molecule has 0 aliphatic carbocycles. The molecule has 2 amide bonds. The van der Waals surface area contributed by atoms with Crippen LogP contribution in [0.5, 0.6) is 0 Å². The van der Waals surface area contributed by atoms with Crippen LogP contribution >= 0.6 is 0 Å². The molecule has 3 aromatic heterocycles. The van der Waals surface area contributed by atoms with Gasteiger partial charge in [0.1, 0.15) is 5.82 Å². The van der Waals surface area contributed by atoms with E-state index in [9.17, 15) is 4.79 Å². The highest BCUT2D eigenvalue weighted by Crippen LogP contribution is 2.34. The van der Waals surface area contributed by atoms with E-state index < -0.39 is 0 Å². The van der Waals surface area contributed by atoms with Crippen LogP contribution in [0, 0.1) is 6.92 Å². The third-order valence-corrected chi connectivity index (χ3v) is 5.85. The van der Waals surface area contributed by atoms with Crippen molar-refractivity contribution in [2.75, 3.05) is 41.3 Å². The fourth-order valence-corrected chi connectivity index (χ4v) is 4.39. The van der Waals surface area contributed by atoms with Crippen molar-refractivity contribution in [2.24, 2.45) is 7.05 Å². The van der Waals surface area contributed by atoms with E-state index in [1.807, 2.05) is 26.2 Å². The van der Waals surface area contributed by atoms with Crippen LogP contribution in [0.4, 0.5) is 22.0 Å². The Morgan fingerprint density at radius 1 is 1.36 bits per heavy atom. The van der Waals surface area contributed by atoms with Crippen molar-refractivity contribution in [2.45, 2.75) is 26.3 Å². The van der Waals surface area contributed by atoms with Crippen LogP contribution in [0.15, 0.2) is 24.5 Å². The molecule has 11 heteroatoms. The molecule has 0 unspecified atom stereocenters. The molecule has 5 rings (SSSR count). The summed E-state index contributed by atoms with van der Waals surface area (Å²) in [6.07, 6.45) is 4.51. The molecule has 11 nitrogen and oxygen atoms in total.